The fraction of sp³-hybridized carbons (Fsp3) is 0.594. The summed E-state index contributed by atoms with van der Waals surface area (Å²) in [7, 11) is 0. The smallest absolute Gasteiger partial charge is 0.453 e. The van der Waals surface area contributed by atoms with E-state index in [1.807, 2.05) is 24.3 Å². The lowest BCUT2D eigenvalue weighted by molar-refractivity contribution is -0.284. The van der Waals surface area contributed by atoms with Crippen LogP contribution in [0.5, 0.6) is 11.5 Å². The molecule has 1 heterocycles. The van der Waals surface area contributed by atoms with E-state index < -0.39 is 36.8 Å². The number of fused-ring (bicyclic) bond motifs is 1. The molecular formula is C32H41F5O4S. The van der Waals surface area contributed by atoms with Crippen LogP contribution in [0.1, 0.15) is 101 Å². The molecule has 1 aliphatic heterocycles. The van der Waals surface area contributed by atoms with Crippen molar-refractivity contribution in [3.63, 3.8) is 0 Å². The lowest BCUT2D eigenvalue weighted by atomic mass is 9.68. The summed E-state index contributed by atoms with van der Waals surface area (Å²) in [6.07, 6.45) is -0.0611. The summed E-state index contributed by atoms with van der Waals surface area (Å²) in [5.41, 5.74) is 2.27. The molecule has 0 spiro atoms. The van der Waals surface area contributed by atoms with Gasteiger partial charge in [0.05, 0.1) is 5.92 Å². The third kappa shape index (κ3) is 9.01. The number of aromatic hydroxyl groups is 2. The normalized spacial score (nSPS) is 19.8. The van der Waals surface area contributed by atoms with Crippen molar-refractivity contribution in [1.82, 2.24) is 0 Å². The molecule has 0 fully saturated rings. The first-order chi connectivity index (χ1) is 19.7. The number of unbranched alkanes of at least 4 members (excludes halogenated alkanes) is 6. The number of carboxylic acid groups (broad SMARTS) is 1. The highest BCUT2D eigenvalue weighted by Crippen LogP contribution is 2.52. The van der Waals surface area contributed by atoms with Gasteiger partial charge in [-0.3, -0.25) is 4.79 Å². The van der Waals surface area contributed by atoms with Gasteiger partial charge in [-0.25, -0.2) is 0 Å². The van der Waals surface area contributed by atoms with E-state index in [4.69, 9.17) is 0 Å². The van der Waals surface area contributed by atoms with E-state index in [1.54, 1.807) is 30.0 Å². The first-order valence-electron chi connectivity index (χ1n) is 14.7. The molecule has 10 heteroatoms. The lowest BCUT2D eigenvalue weighted by Crippen LogP contribution is -2.36. The van der Waals surface area contributed by atoms with E-state index in [0.717, 1.165) is 55.6 Å². The summed E-state index contributed by atoms with van der Waals surface area (Å²) in [5.74, 6) is -5.24. The lowest BCUT2D eigenvalue weighted by Gasteiger charge is -2.43. The number of phenols is 2. The number of rotatable bonds is 16. The van der Waals surface area contributed by atoms with Crippen LogP contribution >= 0.6 is 11.8 Å². The van der Waals surface area contributed by atoms with Gasteiger partial charge in [0, 0.05) is 22.5 Å². The van der Waals surface area contributed by atoms with Gasteiger partial charge < -0.3 is 15.3 Å². The second-order valence-corrected chi connectivity index (χ2v) is 12.7. The summed E-state index contributed by atoms with van der Waals surface area (Å²) < 4.78 is 63.1. The van der Waals surface area contributed by atoms with Crippen molar-refractivity contribution in [2.75, 3.05) is 5.75 Å². The standard InChI is InChI=1S/C32H41F5O4S/c1-30(23-13-15-24(38)16-14-23)21-42-28-20-25(39)17-18-26(28)27(30)12-8-6-4-2-3-5-7-10-22(29(40)41)11-9-19-31(33,34)32(35,36)37/h13-18,20,22,27,38-39H,2-12,19,21H2,1H3,(H,40,41). The first-order valence-corrected chi connectivity index (χ1v) is 15.7. The van der Waals surface area contributed by atoms with Crippen molar-refractivity contribution >= 4 is 17.7 Å². The second kappa shape index (κ2) is 14.8. The van der Waals surface area contributed by atoms with Crippen LogP contribution in [0.2, 0.25) is 0 Å². The van der Waals surface area contributed by atoms with Crippen molar-refractivity contribution in [2.45, 2.75) is 112 Å². The van der Waals surface area contributed by atoms with Crippen molar-refractivity contribution < 1.29 is 42.1 Å². The highest BCUT2D eigenvalue weighted by Gasteiger charge is 2.56. The third-order valence-electron chi connectivity index (χ3n) is 8.55. The van der Waals surface area contributed by atoms with Gasteiger partial charge in [-0.2, -0.15) is 22.0 Å². The minimum absolute atomic E-state index is 0.133. The first kappa shape index (κ1) is 34.0. The van der Waals surface area contributed by atoms with Crippen LogP contribution in [0.15, 0.2) is 47.4 Å². The van der Waals surface area contributed by atoms with Crippen LogP contribution in [0, 0.1) is 5.92 Å². The van der Waals surface area contributed by atoms with Crippen LogP contribution in [0.4, 0.5) is 22.0 Å². The number of hydrogen-bond donors (Lipinski definition) is 3. The fourth-order valence-electron chi connectivity index (χ4n) is 5.93. The summed E-state index contributed by atoms with van der Waals surface area (Å²) in [6.45, 7) is 2.26. The topological polar surface area (TPSA) is 77.8 Å². The van der Waals surface area contributed by atoms with Crippen molar-refractivity contribution in [1.29, 1.82) is 0 Å². The molecule has 234 valence electrons. The minimum Gasteiger partial charge on any atom is -0.508 e. The maximum absolute atomic E-state index is 13.1. The number of hydrogen-bond acceptors (Lipinski definition) is 4. The number of alkyl halides is 5. The Morgan fingerprint density at radius 2 is 1.45 bits per heavy atom. The van der Waals surface area contributed by atoms with Crippen LogP contribution in [0.25, 0.3) is 0 Å². The summed E-state index contributed by atoms with van der Waals surface area (Å²) >= 11 is 1.74. The van der Waals surface area contributed by atoms with E-state index in [1.165, 1.54) is 11.1 Å². The van der Waals surface area contributed by atoms with Gasteiger partial charge >= 0.3 is 18.1 Å². The van der Waals surface area contributed by atoms with E-state index in [2.05, 4.69) is 6.92 Å². The van der Waals surface area contributed by atoms with Gasteiger partial charge in [-0.1, -0.05) is 70.1 Å². The molecule has 3 unspecified atom stereocenters. The predicted molar refractivity (Wildman–Crippen MR) is 155 cm³/mol. The van der Waals surface area contributed by atoms with Gasteiger partial charge in [0.1, 0.15) is 11.5 Å². The Hall–Kier alpha value is -2.49. The van der Waals surface area contributed by atoms with Crippen molar-refractivity contribution in [3.05, 3.63) is 53.6 Å². The molecule has 2 aromatic rings. The number of phenolic OH excluding ortho intramolecular Hbond substituents is 2. The maximum Gasteiger partial charge on any atom is 0.453 e. The Morgan fingerprint density at radius 3 is 2.07 bits per heavy atom. The number of carboxylic acids is 1. The Balaban J connectivity index is 1.41. The van der Waals surface area contributed by atoms with Gasteiger partial charge in [-0.05, 0) is 67.0 Å². The molecule has 1 aliphatic rings. The molecule has 0 saturated carbocycles. The van der Waals surface area contributed by atoms with Gasteiger partial charge in [0.25, 0.3) is 0 Å². The van der Waals surface area contributed by atoms with Crippen LogP contribution in [-0.4, -0.2) is 39.1 Å². The quantitative estimate of drug-likeness (QED) is 0.129. The molecule has 3 atom stereocenters. The van der Waals surface area contributed by atoms with E-state index in [0.29, 0.717) is 6.42 Å². The average molecular weight is 617 g/mol. The highest BCUT2D eigenvalue weighted by atomic mass is 32.2. The molecule has 0 bridgehead atoms. The molecule has 0 saturated heterocycles. The molecule has 0 radical (unpaired) electrons. The number of thioether (sulfide) groups is 1. The zero-order chi connectivity index (χ0) is 31.0. The molecule has 3 rings (SSSR count). The zero-order valence-corrected chi connectivity index (χ0v) is 24.8. The maximum atomic E-state index is 13.1. The monoisotopic (exact) mass is 616 g/mol. The highest BCUT2D eigenvalue weighted by molar-refractivity contribution is 7.99. The molecule has 42 heavy (non-hydrogen) atoms. The number of halogens is 5. The predicted octanol–water partition coefficient (Wildman–Crippen LogP) is 9.82. The van der Waals surface area contributed by atoms with Crippen molar-refractivity contribution in [2.24, 2.45) is 5.92 Å². The number of carbonyl (C=O) groups is 1. The average Bonchev–Trinajstić information content (AvgIpc) is 2.91. The Labute approximate surface area is 248 Å². The fourth-order valence-corrected chi connectivity index (χ4v) is 7.34. The summed E-state index contributed by atoms with van der Waals surface area (Å²) in [5, 5.41) is 29.1. The minimum atomic E-state index is -5.61. The Kier molecular flexibility index (Phi) is 12.0. The molecule has 3 N–H and O–H groups in total. The van der Waals surface area contributed by atoms with Crippen molar-refractivity contribution in [3.8, 4) is 11.5 Å². The van der Waals surface area contributed by atoms with Gasteiger partial charge in [0.2, 0.25) is 0 Å². The molecule has 2 aromatic carbocycles. The van der Waals surface area contributed by atoms with Crippen LogP contribution < -0.4 is 0 Å². The van der Waals surface area contributed by atoms with E-state index in [-0.39, 0.29) is 35.7 Å². The SMILES string of the molecule is CC1(c2ccc(O)cc2)CSc2cc(O)ccc2C1CCCCCCCCCC(CCCC(F)(F)C(F)(F)F)C(=O)O. The Bertz CT molecular complexity index is 1150. The van der Waals surface area contributed by atoms with Gasteiger partial charge in [0.15, 0.2) is 0 Å². The summed E-state index contributed by atoms with van der Waals surface area (Å²) in [6, 6.07) is 13.0. The third-order valence-corrected chi connectivity index (χ3v) is 9.96. The number of aliphatic carboxylic acids is 1. The van der Waals surface area contributed by atoms with E-state index >= 15 is 0 Å². The Morgan fingerprint density at radius 1 is 0.881 bits per heavy atom. The molecule has 0 amide bonds. The van der Waals surface area contributed by atoms with E-state index in [9.17, 15) is 42.1 Å². The largest absolute Gasteiger partial charge is 0.508 e. The summed E-state index contributed by atoms with van der Waals surface area (Å²) in [4.78, 5) is 12.5. The van der Waals surface area contributed by atoms with Gasteiger partial charge in [-0.15, -0.1) is 11.8 Å². The second-order valence-electron chi connectivity index (χ2n) is 11.7. The molecule has 4 nitrogen and oxygen atoms in total. The number of benzene rings is 2. The zero-order valence-electron chi connectivity index (χ0n) is 23.9. The van der Waals surface area contributed by atoms with Crippen LogP contribution in [0.3, 0.4) is 0 Å². The molecule has 0 aliphatic carbocycles. The van der Waals surface area contributed by atoms with Crippen LogP contribution in [-0.2, 0) is 10.2 Å². The molecule has 0 aromatic heterocycles. The molecular weight excluding hydrogens is 575 g/mol.